The lowest BCUT2D eigenvalue weighted by Gasteiger charge is -2.30. The minimum atomic E-state index is 0. The standard InChI is InChI=1S/C12H24O.CH4/c1-3-5-11(6-4-2)12-7-9-13-10-8-12;/h11-12H,3-10H2,1-2H3;1H4. The van der Waals surface area contributed by atoms with Gasteiger partial charge in [0.2, 0.25) is 0 Å². The molecule has 1 aliphatic heterocycles. The summed E-state index contributed by atoms with van der Waals surface area (Å²) in [7, 11) is 0. The zero-order valence-electron chi connectivity index (χ0n) is 9.22. The van der Waals surface area contributed by atoms with Gasteiger partial charge in [0.05, 0.1) is 0 Å². The Kier molecular flexibility index (Phi) is 8.26. The smallest absolute Gasteiger partial charge is 0.0468 e. The second kappa shape index (κ2) is 8.28. The fourth-order valence-electron chi connectivity index (χ4n) is 2.54. The SMILES string of the molecule is C.CCCC(CCC)C1CCOCC1. The van der Waals surface area contributed by atoms with Crippen molar-refractivity contribution in [2.75, 3.05) is 13.2 Å². The van der Waals surface area contributed by atoms with Crippen LogP contribution in [0, 0.1) is 11.8 Å². The zero-order chi connectivity index (χ0) is 9.52. The molecular weight excluding hydrogens is 172 g/mol. The molecule has 1 rings (SSSR count). The highest BCUT2D eigenvalue weighted by atomic mass is 16.5. The largest absolute Gasteiger partial charge is 0.381 e. The molecule has 86 valence electrons. The van der Waals surface area contributed by atoms with E-state index in [0.29, 0.717) is 0 Å². The van der Waals surface area contributed by atoms with Gasteiger partial charge in [-0.15, -0.1) is 0 Å². The maximum absolute atomic E-state index is 5.41. The molecule has 0 amide bonds. The van der Waals surface area contributed by atoms with Crippen molar-refractivity contribution in [1.82, 2.24) is 0 Å². The minimum absolute atomic E-state index is 0. The topological polar surface area (TPSA) is 9.23 Å². The highest BCUT2D eigenvalue weighted by Crippen LogP contribution is 2.30. The van der Waals surface area contributed by atoms with E-state index < -0.39 is 0 Å². The lowest BCUT2D eigenvalue weighted by Crippen LogP contribution is -2.23. The lowest BCUT2D eigenvalue weighted by molar-refractivity contribution is 0.0429. The van der Waals surface area contributed by atoms with E-state index in [4.69, 9.17) is 4.74 Å². The Morgan fingerprint density at radius 3 is 2.00 bits per heavy atom. The van der Waals surface area contributed by atoms with Crippen LogP contribution in [0.4, 0.5) is 0 Å². The van der Waals surface area contributed by atoms with Crippen LogP contribution >= 0.6 is 0 Å². The van der Waals surface area contributed by atoms with Gasteiger partial charge in [-0.3, -0.25) is 0 Å². The molecule has 0 bridgehead atoms. The summed E-state index contributed by atoms with van der Waals surface area (Å²) in [4.78, 5) is 0. The van der Waals surface area contributed by atoms with E-state index in [0.717, 1.165) is 25.0 Å². The Balaban J connectivity index is 0.00000169. The Morgan fingerprint density at radius 1 is 1.07 bits per heavy atom. The van der Waals surface area contributed by atoms with Gasteiger partial charge in [0.1, 0.15) is 0 Å². The van der Waals surface area contributed by atoms with Crippen LogP contribution in [0.5, 0.6) is 0 Å². The monoisotopic (exact) mass is 200 g/mol. The molecule has 1 heterocycles. The van der Waals surface area contributed by atoms with Crippen LogP contribution in [-0.2, 0) is 4.74 Å². The highest BCUT2D eigenvalue weighted by Gasteiger charge is 2.22. The van der Waals surface area contributed by atoms with Crippen LogP contribution in [0.15, 0.2) is 0 Å². The fraction of sp³-hybridized carbons (Fsp3) is 1.00. The van der Waals surface area contributed by atoms with Crippen molar-refractivity contribution in [3.05, 3.63) is 0 Å². The molecule has 0 unspecified atom stereocenters. The second-order valence-electron chi connectivity index (χ2n) is 4.29. The number of hydrogen-bond acceptors (Lipinski definition) is 1. The number of ether oxygens (including phenoxy) is 1. The van der Waals surface area contributed by atoms with Crippen molar-refractivity contribution < 1.29 is 4.74 Å². The van der Waals surface area contributed by atoms with Gasteiger partial charge in [-0.05, 0) is 24.7 Å². The van der Waals surface area contributed by atoms with Crippen LogP contribution in [0.3, 0.4) is 0 Å². The number of hydrogen-bond donors (Lipinski definition) is 0. The van der Waals surface area contributed by atoms with E-state index in [-0.39, 0.29) is 7.43 Å². The van der Waals surface area contributed by atoms with Gasteiger partial charge < -0.3 is 4.74 Å². The van der Waals surface area contributed by atoms with E-state index in [1.807, 2.05) is 0 Å². The Morgan fingerprint density at radius 2 is 1.57 bits per heavy atom. The van der Waals surface area contributed by atoms with E-state index in [1.165, 1.54) is 38.5 Å². The van der Waals surface area contributed by atoms with Gasteiger partial charge in [0, 0.05) is 13.2 Å². The first-order valence-corrected chi connectivity index (χ1v) is 5.96. The van der Waals surface area contributed by atoms with Gasteiger partial charge in [-0.2, -0.15) is 0 Å². The molecule has 0 N–H and O–H groups in total. The Bertz CT molecular complexity index is 110. The molecule has 0 atom stereocenters. The maximum atomic E-state index is 5.41. The third-order valence-corrected chi connectivity index (χ3v) is 3.25. The summed E-state index contributed by atoms with van der Waals surface area (Å²) in [6, 6.07) is 0. The quantitative estimate of drug-likeness (QED) is 0.644. The van der Waals surface area contributed by atoms with Crippen LogP contribution in [-0.4, -0.2) is 13.2 Å². The van der Waals surface area contributed by atoms with Crippen LogP contribution in [0.25, 0.3) is 0 Å². The number of rotatable bonds is 5. The van der Waals surface area contributed by atoms with Crippen LogP contribution in [0.2, 0.25) is 0 Å². The molecule has 1 fully saturated rings. The van der Waals surface area contributed by atoms with Gasteiger partial charge in [-0.25, -0.2) is 0 Å². The molecule has 0 spiro atoms. The molecule has 0 aromatic carbocycles. The molecule has 1 nitrogen and oxygen atoms in total. The fourth-order valence-corrected chi connectivity index (χ4v) is 2.54. The summed E-state index contributed by atoms with van der Waals surface area (Å²) < 4.78 is 5.41. The summed E-state index contributed by atoms with van der Waals surface area (Å²) in [6.45, 7) is 6.63. The molecule has 14 heavy (non-hydrogen) atoms. The molecule has 0 radical (unpaired) electrons. The zero-order valence-corrected chi connectivity index (χ0v) is 9.22. The first-order valence-electron chi connectivity index (χ1n) is 5.96. The minimum Gasteiger partial charge on any atom is -0.381 e. The van der Waals surface area contributed by atoms with Gasteiger partial charge >= 0.3 is 0 Å². The first-order chi connectivity index (χ1) is 6.38. The first kappa shape index (κ1) is 14.0. The summed E-state index contributed by atoms with van der Waals surface area (Å²) >= 11 is 0. The summed E-state index contributed by atoms with van der Waals surface area (Å²) in [6.07, 6.45) is 8.18. The average molecular weight is 200 g/mol. The van der Waals surface area contributed by atoms with Gasteiger partial charge in [-0.1, -0.05) is 47.0 Å². The Hall–Kier alpha value is -0.0400. The van der Waals surface area contributed by atoms with E-state index >= 15 is 0 Å². The van der Waals surface area contributed by atoms with Crippen LogP contribution < -0.4 is 0 Å². The Labute approximate surface area is 90.2 Å². The molecule has 1 aliphatic rings. The molecule has 0 aromatic rings. The normalized spacial score (nSPS) is 18.2. The van der Waals surface area contributed by atoms with Crippen molar-refractivity contribution in [3.8, 4) is 0 Å². The van der Waals surface area contributed by atoms with Crippen molar-refractivity contribution in [3.63, 3.8) is 0 Å². The van der Waals surface area contributed by atoms with Gasteiger partial charge in [0.25, 0.3) is 0 Å². The molecule has 1 saturated heterocycles. The van der Waals surface area contributed by atoms with E-state index in [2.05, 4.69) is 13.8 Å². The summed E-state index contributed by atoms with van der Waals surface area (Å²) in [5.74, 6) is 1.95. The molecule has 1 heteroatoms. The third-order valence-electron chi connectivity index (χ3n) is 3.25. The molecule has 0 aromatic heterocycles. The summed E-state index contributed by atoms with van der Waals surface area (Å²) in [5, 5.41) is 0. The highest BCUT2D eigenvalue weighted by molar-refractivity contribution is 4.72. The molecular formula is C13H28O. The second-order valence-corrected chi connectivity index (χ2v) is 4.29. The third kappa shape index (κ3) is 4.45. The van der Waals surface area contributed by atoms with Crippen molar-refractivity contribution in [2.24, 2.45) is 11.8 Å². The van der Waals surface area contributed by atoms with Crippen molar-refractivity contribution in [2.45, 2.75) is 59.8 Å². The van der Waals surface area contributed by atoms with E-state index in [1.54, 1.807) is 0 Å². The van der Waals surface area contributed by atoms with Crippen molar-refractivity contribution in [1.29, 1.82) is 0 Å². The summed E-state index contributed by atoms with van der Waals surface area (Å²) in [5.41, 5.74) is 0. The predicted octanol–water partition coefficient (Wildman–Crippen LogP) is 4.27. The van der Waals surface area contributed by atoms with Crippen LogP contribution in [0.1, 0.15) is 59.8 Å². The molecule has 0 saturated carbocycles. The van der Waals surface area contributed by atoms with E-state index in [9.17, 15) is 0 Å². The molecule has 0 aliphatic carbocycles. The average Bonchev–Trinajstić information content (AvgIpc) is 2.19. The predicted molar refractivity (Wildman–Crippen MR) is 63.6 cm³/mol. The van der Waals surface area contributed by atoms with Gasteiger partial charge in [0.15, 0.2) is 0 Å². The lowest BCUT2D eigenvalue weighted by atomic mass is 9.80. The van der Waals surface area contributed by atoms with Crippen molar-refractivity contribution >= 4 is 0 Å². The maximum Gasteiger partial charge on any atom is 0.0468 e.